The molecule has 2 N–H and O–H groups in total. The van der Waals surface area contributed by atoms with Crippen LogP contribution in [0.5, 0.6) is 5.88 Å². The topological polar surface area (TPSA) is 83.7 Å². The molecule has 0 saturated carbocycles. The summed E-state index contributed by atoms with van der Waals surface area (Å²) in [4.78, 5) is 29.2. The van der Waals surface area contributed by atoms with Crippen molar-refractivity contribution >= 4 is 68.6 Å². The fraction of sp³-hybridized carbons (Fsp3) is 0.0952. The number of aliphatic imine (C=N–C) groups is 1. The van der Waals surface area contributed by atoms with Gasteiger partial charge in [0.05, 0.1) is 10.6 Å². The van der Waals surface area contributed by atoms with Crippen molar-refractivity contribution in [2.45, 2.75) is 13.5 Å². The lowest BCUT2D eigenvalue weighted by atomic mass is 10.0. The number of anilines is 1. The second-order valence-corrected chi connectivity index (χ2v) is 8.71. The van der Waals surface area contributed by atoms with E-state index in [9.17, 15) is 14.7 Å². The van der Waals surface area contributed by atoms with Gasteiger partial charge in [0.2, 0.25) is 11.8 Å². The predicted octanol–water partition coefficient (Wildman–Crippen LogP) is 4.51. The van der Waals surface area contributed by atoms with Gasteiger partial charge >= 0.3 is 4.87 Å². The number of carbonyl (C=O) groups excluding carboxylic acids is 1. The summed E-state index contributed by atoms with van der Waals surface area (Å²) in [7, 11) is 0. The molecule has 0 atom stereocenters. The van der Waals surface area contributed by atoms with Gasteiger partial charge in [-0.05, 0) is 65.9 Å². The lowest BCUT2D eigenvalue weighted by Crippen LogP contribution is -2.24. The maximum absolute atomic E-state index is 12.4. The Morgan fingerprint density at radius 1 is 1.24 bits per heavy atom. The van der Waals surface area contributed by atoms with Gasteiger partial charge in [-0.1, -0.05) is 29.5 Å². The third kappa shape index (κ3) is 4.03. The second-order valence-electron chi connectivity index (χ2n) is 6.47. The van der Waals surface area contributed by atoms with Gasteiger partial charge in [0.1, 0.15) is 6.54 Å². The summed E-state index contributed by atoms with van der Waals surface area (Å²) in [5.74, 6) is -0.605. The number of halogens is 1. The molecule has 146 valence electrons. The van der Waals surface area contributed by atoms with Gasteiger partial charge in [-0.2, -0.15) is 0 Å². The number of nitrogens with zero attached hydrogens (tertiary/aromatic N) is 2. The van der Waals surface area contributed by atoms with Gasteiger partial charge in [-0.3, -0.25) is 19.1 Å². The number of fused-ring (bicyclic) bond motifs is 1. The fourth-order valence-corrected chi connectivity index (χ4v) is 4.26. The van der Waals surface area contributed by atoms with Gasteiger partial charge in [0, 0.05) is 26.1 Å². The molecule has 0 radical (unpaired) electrons. The molecule has 2 heterocycles. The molecule has 4 rings (SSSR count). The SMILES string of the molecule is CC1=Nc2ccccc2C1=Cc1sc(=O)n(CC(=O)Nc2ccc(I)cc2)c1O. The van der Waals surface area contributed by atoms with E-state index in [2.05, 4.69) is 32.9 Å². The molecule has 29 heavy (non-hydrogen) atoms. The van der Waals surface area contributed by atoms with Crippen molar-refractivity contribution in [3.63, 3.8) is 0 Å². The standard InChI is InChI=1S/C21H16IN3O3S/c1-12-16(15-4-2-3-5-17(15)23-12)10-18-20(27)25(21(28)29-18)11-19(26)24-14-8-6-13(22)7-9-14/h2-10,27H,11H2,1H3,(H,24,26). The number of rotatable bonds is 4. The number of benzene rings is 2. The Morgan fingerprint density at radius 2 is 1.97 bits per heavy atom. The minimum atomic E-state index is -0.395. The average molecular weight is 517 g/mol. The first kappa shape index (κ1) is 19.6. The summed E-state index contributed by atoms with van der Waals surface area (Å²) in [6.07, 6.45) is 1.75. The van der Waals surface area contributed by atoms with E-state index in [4.69, 9.17) is 0 Å². The zero-order chi connectivity index (χ0) is 20.5. The van der Waals surface area contributed by atoms with E-state index in [1.165, 1.54) is 0 Å². The zero-order valence-electron chi connectivity index (χ0n) is 15.3. The van der Waals surface area contributed by atoms with Crippen LogP contribution in [0.25, 0.3) is 11.6 Å². The third-order valence-corrected chi connectivity index (χ3v) is 6.11. The third-order valence-electron chi connectivity index (χ3n) is 4.47. The number of aromatic nitrogens is 1. The van der Waals surface area contributed by atoms with Crippen molar-refractivity contribution in [1.29, 1.82) is 0 Å². The van der Waals surface area contributed by atoms with Crippen molar-refractivity contribution in [2.75, 3.05) is 5.32 Å². The number of amides is 1. The van der Waals surface area contributed by atoms with E-state index < -0.39 is 4.87 Å². The van der Waals surface area contributed by atoms with E-state index in [0.29, 0.717) is 10.6 Å². The fourth-order valence-electron chi connectivity index (χ4n) is 3.07. The summed E-state index contributed by atoms with van der Waals surface area (Å²) in [5, 5.41) is 13.3. The largest absolute Gasteiger partial charge is 0.493 e. The van der Waals surface area contributed by atoms with Gasteiger partial charge in [0.25, 0.3) is 0 Å². The van der Waals surface area contributed by atoms with Gasteiger partial charge in [-0.25, -0.2) is 0 Å². The number of nitrogens with one attached hydrogen (secondary N) is 1. The average Bonchev–Trinajstić information content (AvgIpc) is 3.15. The van der Waals surface area contributed by atoms with Gasteiger partial charge in [-0.15, -0.1) is 0 Å². The van der Waals surface area contributed by atoms with E-state index in [1.807, 2.05) is 43.3 Å². The monoisotopic (exact) mass is 517 g/mol. The quantitative estimate of drug-likeness (QED) is 0.500. The number of hydrogen-bond donors (Lipinski definition) is 2. The van der Waals surface area contributed by atoms with Crippen LogP contribution < -0.4 is 10.2 Å². The van der Waals surface area contributed by atoms with Crippen LogP contribution in [-0.4, -0.2) is 21.3 Å². The molecular formula is C21H16IN3O3S. The van der Waals surface area contributed by atoms with Crippen LogP contribution in [0.2, 0.25) is 0 Å². The Hall–Kier alpha value is -2.72. The van der Waals surface area contributed by atoms with Crippen molar-refractivity contribution in [1.82, 2.24) is 4.57 Å². The molecule has 0 saturated heterocycles. The first-order valence-electron chi connectivity index (χ1n) is 8.77. The number of hydrogen-bond acceptors (Lipinski definition) is 5. The van der Waals surface area contributed by atoms with Crippen LogP contribution in [0.3, 0.4) is 0 Å². The van der Waals surface area contributed by atoms with Crippen molar-refractivity contribution in [2.24, 2.45) is 4.99 Å². The minimum Gasteiger partial charge on any atom is -0.493 e. The maximum atomic E-state index is 12.4. The highest BCUT2D eigenvalue weighted by Gasteiger charge is 2.20. The Bertz CT molecular complexity index is 1220. The van der Waals surface area contributed by atoms with Crippen LogP contribution in [0.15, 0.2) is 58.3 Å². The highest BCUT2D eigenvalue weighted by Crippen LogP contribution is 2.37. The summed E-state index contributed by atoms with van der Waals surface area (Å²) in [5.41, 5.74) is 4.12. The van der Waals surface area contributed by atoms with E-state index in [1.54, 1.807) is 18.2 Å². The molecule has 1 aliphatic heterocycles. The smallest absolute Gasteiger partial charge is 0.311 e. The summed E-state index contributed by atoms with van der Waals surface area (Å²) >= 11 is 3.08. The Labute approximate surface area is 184 Å². The van der Waals surface area contributed by atoms with E-state index in [-0.39, 0.29) is 18.3 Å². The predicted molar refractivity (Wildman–Crippen MR) is 125 cm³/mol. The molecule has 0 aliphatic carbocycles. The molecule has 1 amide bonds. The van der Waals surface area contributed by atoms with E-state index >= 15 is 0 Å². The van der Waals surface area contributed by atoms with Crippen molar-refractivity contribution in [3.8, 4) is 5.88 Å². The van der Waals surface area contributed by atoms with Crippen LogP contribution in [0, 0.1) is 3.57 Å². The Balaban J connectivity index is 1.59. The lowest BCUT2D eigenvalue weighted by molar-refractivity contribution is -0.116. The first-order valence-corrected chi connectivity index (χ1v) is 10.7. The molecule has 1 aromatic heterocycles. The molecule has 1 aliphatic rings. The van der Waals surface area contributed by atoms with Crippen molar-refractivity contribution < 1.29 is 9.90 Å². The first-order chi connectivity index (χ1) is 13.9. The van der Waals surface area contributed by atoms with Crippen LogP contribution >= 0.6 is 33.9 Å². The summed E-state index contributed by atoms with van der Waals surface area (Å²) in [6, 6.07) is 15.0. The minimum absolute atomic E-state index is 0.220. The number of para-hydroxylation sites is 1. The normalized spacial score (nSPS) is 14.0. The number of thiazole rings is 1. The molecule has 8 heteroatoms. The molecular weight excluding hydrogens is 501 g/mol. The number of carbonyl (C=O) groups is 1. The van der Waals surface area contributed by atoms with Gasteiger partial charge in [0.15, 0.2) is 0 Å². The second kappa shape index (κ2) is 7.96. The molecule has 0 bridgehead atoms. The number of aromatic hydroxyl groups is 1. The number of allylic oxidation sites excluding steroid dienone is 1. The van der Waals surface area contributed by atoms with Gasteiger partial charge < -0.3 is 10.4 Å². The van der Waals surface area contributed by atoms with Crippen LogP contribution in [0.4, 0.5) is 11.4 Å². The van der Waals surface area contributed by atoms with E-state index in [0.717, 1.165) is 42.0 Å². The highest BCUT2D eigenvalue weighted by molar-refractivity contribution is 14.1. The summed E-state index contributed by atoms with van der Waals surface area (Å²) in [6.45, 7) is 1.62. The van der Waals surface area contributed by atoms with Crippen LogP contribution in [-0.2, 0) is 11.3 Å². The van der Waals surface area contributed by atoms with Crippen molar-refractivity contribution in [3.05, 3.63) is 72.2 Å². The molecule has 0 fully saturated rings. The molecule has 3 aromatic rings. The zero-order valence-corrected chi connectivity index (χ0v) is 18.3. The maximum Gasteiger partial charge on any atom is 0.311 e. The molecule has 0 unspecified atom stereocenters. The highest BCUT2D eigenvalue weighted by atomic mass is 127. The van der Waals surface area contributed by atoms with Crippen LogP contribution in [0.1, 0.15) is 17.4 Å². The lowest BCUT2D eigenvalue weighted by Gasteiger charge is -2.07. The Morgan fingerprint density at radius 3 is 2.72 bits per heavy atom. The summed E-state index contributed by atoms with van der Waals surface area (Å²) < 4.78 is 2.13. The molecule has 6 nitrogen and oxygen atoms in total. The Kier molecular flexibility index (Phi) is 5.37. The molecule has 0 spiro atoms. The molecule has 2 aromatic carbocycles.